The SMILES string of the molecule is C=C[C@@]1(C)C[C@@H](O)[C@@]2(C)C3C(=O)CC[C@@]3(CC[C@H]2C)[C@H](C)[C@@H]1O. The van der Waals surface area contributed by atoms with Gasteiger partial charge in [-0.15, -0.1) is 6.58 Å². The minimum atomic E-state index is -0.589. The first-order valence-electron chi connectivity index (χ1n) is 9.16. The van der Waals surface area contributed by atoms with E-state index in [2.05, 4.69) is 27.4 Å². The fourth-order valence-corrected chi connectivity index (χ4v) is 6.37. The van der Waals surface area contributed by atoms with Gasteiger partial charge in [0.1, 0.15) is 5.78 Å². The summed E-state index contributed by atoms with van der Waals surface area (Å²) in [5.74, 6) is 0.544. The molecule has 3 saturated carbocycles. The maximum Gasteiger partial charge on any atom is 0.137 e. The zero-order chi connectivity index (χ0) is 17.2. The summed E-state index contributed by atoms with van der Waals surface area (Å²) < 4.78 is 0. The van der Waals surface area contributed by atoms with Gasteiger partial charge < -0.3 is 10.2 Å². The number of hydrogen-bond donors (Lipinski definition) is 2. The lowest BCUT2D eigenvalue weighted by Gasteiger charge is -2.61. The van der Waals surface area contributed by atoms with Gasteiger partial charge >= 0.3 is 0 Å². The third kappa shape index (κ3) is 1.99. The standard InChI is InChI=1S/C20H32O3/c1-6-18(4)11-15(22)19(5)12(2)7-9-20(13(3)17(18)23)10-8-14(21)16(19)20/h6,12-13,15-17,22-23H,1,7-11H2,2-5H3/t12-,13-,15-,16?,17+,18+,19+,20+/m1/s1. The van der Waals surface area contributed by atoms with Crippen molar-refractivity contribution in [3.05, 3.63) is 12.7 Å². The van der Waals surface area contributed by atoms with E-state index in [1.807, 2.05) is 13.0 Å². The molecule has 1 unspecified atom stereocenters. The lowest BCUT2D eigenvalue weighted by molar-refractivity contribution is -0.191. The van der Waals surface area contributed by atoms with Crippen LogP contribution in [0.25, 0.3) is 0 Å². The summed E-state index contributed by atoms with van der Waals surface area (Å²) in [5, 5.41) is 22.3. The highest BCUT2D eigenvalue weighted by atomic mass is 16.3. The Balaban J connectivity index is 2.21. The van der Waals surface area contributed by atoms with Crippen LogP contribution < -0.4 is 0 Å². The molecule has 3 nitrogen and oxygen atoms in total. The highest BCUT2D eigenvalue weighted by Crippen LogP contribution is 2.67. The van der Waals surface area contributed by atoms with Crippen molar-refractivity contribution < 1.29 is 15.0 Å². The molecule has 0 aromatic heterocycles. The molecule has 2 bridgehead atoms. The van der Waals surface area contributed by atoms with E-state index in [0.29, 0.717) is 24.5 Å². The summed E-state index contributed by atoms with van der Waals surface area (Å²) in [7, 11) is 0. The van der Waals surface area contributed by atoms with Crippen molar-refractivity contribution in [3.63, 3.8) is 0 Å². The highest BCUT2D eigenvalue weighted by Gasteiger charge is 2.67. The molecule has 3 aliphatic rings. The van der Waals surface area contributed by atoms with Crippen LogP contribution in [-0.2, 0) is 4.79 Å². The van der Waals surface area contributed by atoms with E-state index in [0.717, 1.165) is 19.3 Å². The van der Waals surface area contributed by atoms with Crippen molar-refractivity contribution in [1.29, 1.82) is 0 Å². The van der Waals surface area contributed by atoms with Gasteiger partial charge in [0.25, 0.3) is 0 Å². The average Bonchev–Trinajstić information content (AvgIpc) is 2.87. The minimum absolute atomic E-state index is 0.0428. The van der Waals surface area contributed by atoms with Crippen molar-refractivity contribution in [2.75, 3.05) is 0 Å². The zero-order valence-corrected chi connectivity index (χ0v) is 15.0. The quantitative estimate of drug-likeness (QED) is 0.729. The summed E-state index contributed by atoms with van der Waals surface area (Å²) in [5.41, 5.74) is -1.07. The number of Topliss-reactive ketones (excluding diaryl/α,β-unsaturated/α-hetero) is 1. The smallest absolute Gasteiger partial charge is 0.137 e. The van der Waals surface area contributed by atoms with Crippen LogP contribution in [-0.4, -0.2) is 28.2 Å². The van der Waals surface area contributed by atoms with Gasteiger partial charge in [-0.1, -0.05) is 33.8 Å². The Labute approximate surface area is 140 Å². The number of carbonyl (C=O) groups excluding carboxylic acids is 1. The van der Waals surface area contributed by atoms with Crippen LogP contribution >= 0.6 is 0 Å². The molecule has 0 aliphatic heterocycles. The van der Waals surface area contributed by atoms with Crippen molar-refractivity contribution in [1.82, 2.24) is 0 Å². The molecular weight excluding hydrogens is 288 g/mol. The predicted octanol–water partition coefficient (Wildman–Crippen LogP) is 3.34. The Morgan fingerprint density at radius 1 is 1.22 bits per heavy atom. The number of carbonyl (C=O) groups is 1. The van der Waals surface area contributed by atoms with Crippen molar-refractivity contribution >= 4 is 5.78 Å². The summed E-state index contributed by atoms with van der Waals surface area (Å²) in [4.78, 5) is 12.8. The van der Waals surface area contributed by atoms with E-state index in [4.69, 9.17) is 0 Å². The number of ketones is 1. The lowest BCUT2D eigenvalue weighted by Crippen LogP contribution is -2.62. The molecule has 0 aromatic carbocycles. The Morgan fingerprint density at radius 3 is 2.48 bits per heavy atom. The number of aliphatic hydroxyl groups excluding tert-OH is 2. The van der Waals surface area contributed by atoms with Crippen LogP contribution in [0.3, 0.4) is 0 Å². The van der Waals surface area contributed by atoms with Crippen molar-refractivity contribution in [2.24, 2.45) is 34.0 Å². The van der Waals surface area contributed by atoms with E-state index < -0.39 is 23.0 Å². The van der Waals surface area contributed by atoms with E-state index in [1.54, 1.807) is 0 Å². The van der Waals surface area contributed by atoms with Gasteiger partial charge in [-0.2, -0.15) is 0 Å². The lowest BCUT2D eigenvalue weighted by atomic mass is 9.44. The van der Waals surface area contributed by atoms with Gasteiger partial charge in [-0.25, -0.2) is 0 Å². The molecule has 3 fully saturated rings. The van der Waals surface area contributed by atoms with Crippen LogP contribution in [0.1, 0.15) is 59.8 Å². The third-order valence-electron chi connectivity index (χ3n) is 8.33. The molecule has 0 amide bonds. The Kier molecular flexibility index (Phi) is 3.85. The molecule has 3 rings (SSSR count). The molecule has 23 heavy (non-hydrogen) atoms. The van der Waals surface area contributed by atoms with E-state index in [-0.39, 0.29) is 17.3 Å². The molecule has 0 aromatic rings. The maximum absolute atomic E-state index is 12.8. The van der Waals surface area contributed by atoms with Crippen LogP contribution in [0, 0.1) is 34.0 Å². The number of aliphatic hydroxyl groups is 2. The second kappa shape index (κ2) is 5.16. The van der Waals surface area contributed by atoms with Gasteiger partial charge in [-0.3, -0.25) is 4.79 Å². The first kappa shape index (κ1) is 17.2. The van der Waals surface area contributed by atoms with Crippen LogP contribution in [0.15, 0.2) is 12.7 Å². The molecular formula is C20H32O3. The predicted molar refractivity (Wildman–Crippen MR) is 90.8 cm³/mol. The summed E-state index contributed by atoms with van der Waals surface area (Å²) >= 11 is 0. The molecule has 2 N–H and O–H groups in total. The summed E-state index contributed by atoms with van der Waals surface area (Å²) in [6.45, 7) is 12.4. The van der Waals surface area contributed by atoms with Gasteiger partial charge in [-0.05, 0) is 42.9 Å². The fourth-order valence-electron chi connectivity index (χ4n) is 6.37. The Bertz CT molecular complexity index is 529. The Hall–Kier alpha value is -0.670. The van der Waals surface area contributed by atoms with Gasteiger partial charge in [0, 0.05) is 23.2 Å². The third-order valence-corrected chi connectivity index (χ3v) is 8.33. The monoisotopic (exact) mass is 320 g/mol. The van der Waals surface area contributed by atoms with E-state index >= 15 is 0 Å². The normalized spacial score (nSPS) is 56.6. The molecule has 0 heterocycles. The minimum Gasteiger partial charge on any atom is -0.392 e. The van der Waals surface area contributed by atoms with Gasteiger partial charge in [0.15, 0.2) is 0 Å². The van der Waals surface area contributed by atoms with Crippen LogP contribution in [0.4, 0.5) is 0 Å². The second-order valence-corrected chi connectivity index (χ2v) is 9.10. The van der Waals surface area contributed by atoms with Crippen LogP contribution in [0.5, 0.6) is 0 Å². The zero-order valence-electron chi connectivity index (χ0n) is 15.0. The van der Waals surface area contributed by atoms with Gasteiger partial charge in [0.05, 0.1) is 12.2 Å². The molecule has 0 radical (unpaired) electrons. The molecule has 130 valence electrons. The van der Waals surface area contributed by atoms with Crippen molar-refractivity contribution in [2.45, 2.75) is 72.0 Å². The second-order valence-electron chi connectivity index (χ2n) is 9.10. The molecule has 8 atom stereocenters. The molecule has 0 saturated heterocycles. The average molecular weight is 320 g/mol. The topological polar surface area (TPSA) is 57.5 Å². The summed E-state index contributed by atoms with van der Waals surface area (Å²) in [6.07, 6.45) is 4.60. The van der Waals surface area contributed by atoms with E-state index in [1.165, 1.54) is 0 Å². The molecule has 3 aliphatic carbocycles. The summed E-state index contributed by atoms with van der Waals surface area (Å²) in [6, 6.07) is 0. The van der Waals surface area contributed by atoms with Gasteiger partial charge in [0.2, 0.25) is 0 Å². The fraction of sp³-hybridized carbons (Fsp3) is 0.850. The van der Waals surface area contributed by atoms with Crippen LogP contribution in [0.2, 0.25) is 0 Å². The van der Waals surface area contributed by atoms with E-state index in [9.17, 15) is 15.0 Å². The molecule has 3 heteroatoms. The van der Waals surface area contributed by atoms with Crippen molar-refractivity contribution in [3.8, 4) is 0 Å². The number of rotatable bonds is 1. The first-order chi connectivity index (χ1) is 10.6. The largest absolute Gasteiger partial charge is 0.392 e. The molecule has 0 spiro atoms. The maximum atomic E-state index is 12.8. The highest BCUT2D eigenvalue weighted by molar-refractivity contribution is 5.85. The number of hydrogen-bond acceptors (Lipinski definition) is 3. The first-order valence-corrected chi connectivity index (χ1v) is 9.16. The Morgan fingerprint density at radius 2 is 1.87 bits per heavy atom.